The Labute approximate surface area is 135 Å². The van der Waals surface area contributed by atoms with E-state index in [0.29, 0.717) is 11.6 Å². The number of carboxylic acid groups (broad SMARTS) is 1. The second kappa shape index (κ2) is 7.30. The zero-order valence-corrected chi connectivity index (χ0v) is 13.7. The van der Waals surface area contributed by atoms with Gasteiger partial charge in [0.1, 0.15) is 5.75 Å². The van der Waals surface area contributed by atoms with Crippen molar-refractivity contribution in [2.75, 3.05) is 49.1 Å². The Kier molecular flexibility index (Phi) is 5.66. The molecule has 2 rings (SSSR count). The maximum absolute atomic E-state index is 11.6. The first kappa shape index (κ1) is 17.1. The third-order valence-electron chi connectivity index (χ3n) is 3.63. The van der Waals surface area contributed by atoms with Gasteiger partial charge in [-0.15, -0.1) is 0 Å². The first-order valence-corrected chi connectivity index (χ1v) is 9.21. The van der Waals surface area contributed by atoms with E-state index in [2.05, 4.69) is 4.90 Å². The van der Waals surface area contributed by atoms with E-state index in [-0.39, 0.29) is 5.75 Å². The Bertz CT molecular complexity index is 610. The molecule has 1 aromatic carbocycles. The summed E-state index contributed by atoms with van der Waals surface area (Å²) in [6, 6.07) is 7.63. The van der Waals surface area contributed by atoms with Crippen LogP contribution in [0.2, 0.25) is 5.02 Å². The number of hydrogen-bond acceptors (Lipinski definition) is 5. The van der Waals surface area contributed by atoms with Crippen LogP contribution in [0, 0.1) is 0 Å². The fourth-order valence-corrected chi connectivity index (χ4v) is 3.59. The van der Waals surface area contributed by atoms with Gasteiger partial charge >= 0.3 is 5.97 Å². The standard InChI is InChI=1S/C14H19ClN2O4S/c15-12-1-3-13(4-2-12)17-7-5-16(6-8-17)9-10-22(20,21)11-14(18)19/h1-4H,5-11H2,(H,18,19). The molecule has 6 nitrogen and oxygen atoms in total. The quantitative estimate of drug-likeness (QED) is 0.826. The largest absolute Gasteiger partial charge is 0.480 e. The minimum absolute atomic E-state index is 0.111. The Hall–Kier alpha value is -1.31. The van der Waals surface area contributed by atoms with Crippen LogP contribution in [0.15, 0.2) is 24.3 Å². The van der Waals surface area contributed by atoms with Gasteiger partial charge in [-0.2, -0.15) is 0 Å². The maximum atomic E-state index is 11.6. The molecule has 0 spiro atoms. The topological polar surface area (TPSA) is 77.9 Å². The molecule has 122 valence electrons. The number of halogens is 1. The number of aliphatic carboxylic acids is 1. The summed E-state index contributed by atoms with van der Waals surface area (Å²) in [7, 11) is -3.52. The molecule has 0 aromatic heterocycles. The summed E-state index contributed by atoms with van der Waals surface area (Å²) in [4.78, 5) is 14.7. The number of sulfone groups is 1. The van der Waals surface area contributed by atoms with Gasteiger partial charge < -0.3 is 10.0 Å². The molecule has 1 N–H and O–H groups in total. The van der Waals surface area contributed by atoms with Crippen molar-refractivity contribution in [2.24, 2.45) is 0 Å². The highest BCUT2D eigenvalue weighted by Gasteiger charge is 2.21. The summed E-state index contributed by atoms with van der Waals surface area (Å²) >= 11 is 5.87. The van der Waals surface area contributed by atoms with E-state index in [9.17, 15) is 13.2 Å². The predicted octanol–water partition coefficient (Wildman–Crippen LogP) is 0.961. The predicted molar refractivity (Wildman–Crippen MR) is 86.4 cm³/mol. The lowest BCUT2D eigenvalue weighted by Crippen LogP contribution is -2.47. The minimum Gasteiger partial charge on any atom is -0.480 e. The first-order valence-electron chi connectivity index (χ1n) is 7.01. The molecular formula is C14H19ClN2O4S. The van der Waals surface area contributed by atoms with Crippen LogP contribution in [-0.2, 0) is 14.6 Å². The molecule has 0 saturated carbocycles. The first-order chi connectivity index (χ1) is 10.4. The van der Waals surface area contributed by atoms with Crippen molar-refractivity contribution in [2.45, 2.75) is 0 Å². The van der Waals surface area contributed by atoms with E-state index < -0.39 is 21.6 Å². The lowest BCUT2D eigenvalue weighted by atomic mass is 10.2. The fraction of sp³-hybridized carbons (Fsp3) is 0.500. The lowest BCUT2D eigenvalue weighted by Gasteiger charge is -2.36. The fourth-order valence-electron chi connectivity index (χ4n) is 2.41. The second-order valence-electron chi connectivity index (χ2n) is 5.29. The van der Waals surface area contributed by atoms with Gasteiger partial charge in [-0.1, -0.05) is 11.6 Å². The van der Waals surface area contributed by atoms with E-state index >= 15 is 0 Å². The Morgan fingerprint density at radius 2 is 1.73 bits per heavy atom. The summed E-state index contributed by atoms with van der Waals surface area (Å²) < 4.78 is 23.1. The van der Waals surface area contributed by atoms with Crippen LogP contribution >= 0.6 is 11.6 Å². The molecular weight excluding hydrogens is 328 g/mol. The van der Waals surface area contributed by atoms with Gasteiger partial charge in [0.05, 0.1) is 5.75 Å². The van der Waals surface area contributed by atoms with Crippen molar-refractivity contribution in [3.05, 3.63) is 29.3 Å². The average molecular weight is 347 g/mol. The third kappa shape index (κ3) is 5.15. The van der Waals surface area contributed by atoms with Crippen LogP contribution in [0.3, 0.4) is 0 Å². The van der Waals surface area contributed by atoms with E-state index in [1.165, 1.54) is 0 Å². The van der Waals surface area contributed by atoms with Crippen LogP contribution in [0.1, 0.15) is 0 Å². The second-order valence-corrected chi connectivity index (χ2v) is 7.91. The number of hydrogen-bond donors (Lipinski definition) is 1. The molecule has 1 heterocycles. The molecule has 0 atom stereocenters. The summed E-state index contributed by atoms with van der Waals surface area (Å²) in [5.74, 6) is -2.20. The molecule has 0 unspecified atom stereocenters. The van der Waals surface area contributed by atoms with Crippen molar-refractivity contribution >= 4 is 33.1 Å². The molecule has 22 heavy (non-hydrogen) atoms. The average Bonchev–Trinajstić information content (AvgIpc) is 2.45. The molecule has 1 saturated heterocycles. The Balaban J connectivity index is 1.80. The van der Waals surface area contributed by atoms with Crippen LogP contribution in [-0.4, -0.2) is 68.6 Å². The lowest BCUT2D eigenvalue weighted by molar-refractivity contribution is -0.134. The van der Waals surface area contributed by atoms with E-state index in [1.54, 1.807) is 0 Å². The number of carbonyl (C=O) groups is 1. The monoisotopic (exact) mass is 346 g/mol. The van der Waals surface area contributed by atoms with Gasteiger partial charge in [0.25, 0.3) is 0 Å². The SMILES string of the molecule is O=C(O)CS(=O)(=O)CCN1CCN(c2ccc(Cl)cc2)CC1. The Morgan fingerprint density at radius 3 is 2.27 bits per heavy atom. The molecule has 0 amide bonds. The maximum Gasteiger partial charge on any atom is 0.318 e. The molecule has 1 aromatic rings. The van der Waals surface area contributed by atoms with E-state index in [1.807, 2.05) is 29.2 Å². The highest BCUT2D eigenvalue weighted by atomic mass is 35.5. The van der Waals surface area contributed by atoms with Crippen LogP contribution in [0.25, 0.3) is 0 Å². The normalized spacial score (nSPS) is 16.7. The molecule has 0 bridgehead atoms. The van der Waals surface area contributed by atoms with Crippen LogP contribution in [0.4, 0.5) is 5.69 Å². The molecule has 1 fully saturated rings. The van der Waals surface area contributed by atoms with Gasteiger partial charge in [0, 0.05) is 43.4 Å². The number of anilines is 1. The zero-order valence-electron chi connectivity index (χ0n) is 12.1. The summed E-state index contributed by atoms with van der Waals surface area (Å²) in [6.07, 6.45) is 0. The number of carboxylic acids is 1. The molecule has 1 aliphatic rings. The third-order valence-corrected chi connectivity index (χ3v) is 5.37. The van der Waals surface area contributed by atoms with Crippen LogP contribution < -0.4 is 4.90 Å². The molecule has 0 aliphatic carbocycles. The van der Waals surface area contributed by atoms with Gasteiger partial charge in [-0.05, 0) is 24.3 Å². The number of rotatable bonds is 6. The highest BCUT2D eigenvalue weighted by molar-refractivity contribution is 7.92. The zero-order chi connectivity index (χ0) is 16.2. The van der Waals surface area contributed by atoms with E-state index in [4.69, 9.17) is 16.7 Å². The highest BCUT2D eigenvalue weighted by Crippen LogP contribution is 2.19. The number of nitrogens with zero attached hydrogens (tertiary/aromatic N) is 2. The van der Waals surface area contributed by atoms with E-state index in [0.717, 1.165) is 31.9 Å². The number of benzene rings is 1. The van der Waals surface area contributed by atoms with Crippen molar-refractivity contribution < 1.29 is 18.3 Å². The minimum atomic E-state index is -3.52. The molecule has 1 aliphatic heterocycles. The van der Waals surface area contributed by atoms with Crippen molar-refractivity contribution in [3.63, 3.8) is 0 Å². The smallest absolute Gasteiger partial charge is 0.318 e. The van der Waals surface area contributed by atoms with Crippen molar-refractivity contribution in [1.29, 1.82) is 0 Å². The molecule has 0 radical (unpaired) electrons. The summed E-state index contributed by atoms with van der Waals surface area (Å²) in [5.41, 5.74) is 1.10. The van der Waals surface area contributed by atoms with Gasteiger partial charge in [0.15, 0.2) is 9.84 Å². The number of piperazine rings is 1. The van der Waals surface area contributed by atoms with Gasteiger partial charge in [-0.25, -0.2) is 8.42 Å². The molecule has 8 heteroatoms. The summed E-state index contributed by atoms with van der Waals surface area (Å²) in [6.45, 7) is 3.50. The van der Waals surface area contributed by atoms with Crippen LogP contribution in [0.5, 0.6) is 0 Å². The van der Waals surface area contributed by atoms with Gasteiger partial charge in [0.2, 0.25) is 0 Å². The van der Waals surface area contributed by atoms with Crippen molar-refractivity contribution in [1.82, 2.24) is 4.90 Å². The van der Waals surface area contributed by atoms with Crippen molar-refractivity contribution in [3.8, 4) is 0 Å². The Morgan fingerprint density at radius 1 is 1.14 bits per heavy atom. The summed E-state index contributed by atoms with van der Waals surface area (Å²) in [5, 5.41) is 9.26. The van der Waals surface area contributed by atoms with Gasteiger partial charge in [-0.3, -0.25) is 9.69 Å².